The molecule has 1 aromatic heterocycles. The molecule has 0 unspecified atom stereocenters. The fourth-order valence-corrected chi connectivity index (χ4v) is 3.17. The fourth-order valence-electron chi connectivity index (χ4n) is 3.05. The van der Waals surface area contributed by atoms with Crippen molar-refractivity contribution < 1.29 is 23.2 Å². The quantitative estimate of drug-likeness (QED) is 0.335. The summed E-state index contributed by atoms with van der Waals surface area (Å²) < 4.78 is 30.1. The molecule has 0 saturated heterocycles. The van der Waals surface area contributed by atoms with Gasteiger partial charge in [-0.3, -0.25) is 4.79 Å². The Morgan fingerprint density at radius 2 is 1.79 bits per heavy atom. The molecule has 1 amide bonds. The van der Waals surface area contributed by atoms with Crippen LogP contribution >= 0.6 is 11.6 Å². The molecular weight excluding hydrogens is 447 g/mol. The Kier molecular flexibility index (Phi) is 6.90. The van der Waals surface area contributed by atoms with Gasteiger partial charge in [0.1, 0.15) is 36.3 Å². The summed E-state index contributed by atoms with van der Waals surface area (Å²) in [6.07, 6.45) is 0. The van der Waals surface area contributed by atoms with Crippen LogP contribution in [-0.2, 0) is 13.2 Å². The number of aryl methyl sites for hydroxylation is 1. The normalized spacial score (nSPS) is 10.6. The predicted molar refractivity (Wildman–Crippen MR) is 122 cm³/mol. The molecule has 0 spiro atoms. The smallest absolute Gasteiger partial charge is 0.260 e. The maximum atomic E-state index is 13.4. The van der Waals surface area contributed by atoms with Crippen molar-refractivity contribution in [2.45, 2.75) is 20.1 Å². The average Bonchev–Trinajstić information content (AvgIpc) is 3.22. The Bertz CT molecular complexity index is 1260. The SMILES string of the molecule is Cc1cc(NC(=O)c2cc(OCc3cccc(F)c3)ccc2OCc2ccc(Cl)cc2)no1. The van der Waals surface area contributed by atoms with E-state index in [2.05, 4.69) is 10.5 Å². The van der Waals surface area contributed by atoms with Gasteiger partial charge >= 0.3 is 0 Å². The van der Waals surface area contributed by atoms with Crippen molar-refractivity contribution in [3.8, 4) is 11.5 Å². The maximum Gasteiger partial charge on any atom is 0.260 e. The van der Waals surface area contributed by atoms with Crippen LogP contribution in [0.2, 0.25) is 5.02 Å². The number of ether oxygens (including phenoxy) is 2. The van der Waals surface area contributed by atoms with Crippen molar-refractivity contribution in [2.75, 3.05) is 5.32 Å². The molecule has 4 rings (SSSR count). The number of hydrogen-bond donors (Lipinski definition) is 1. The summed E-state index contributed by atoms with van der Waals surface area (Å²) in [5.41, 5.74) is 1.81. The van der Waals surface area contributed by atoms with Gasteiger partial charge in [-0.2, -0.15) is 0 Å². The second kappa shape index (κ2) is 10.2. The van der Waals surface area contributed by atoms with Crippen LogP contribution in [-0.4, -0.2) is 11.1 Å². The maximum absolute atomic E-state index is 13.4. The average molecular weight is 467 g/mol. The number of carbonyl (C=O) groups is 1. The lowest BCUT2D eigenvalue weighted by Crippen LogP contribution is -2.14. The highest BCUT2D eigenvalue weighted by Gasteiger charge is 2.17. The van der Waals surface area contributed by atoms with E-state index in [9.17, 15) is 9.18 Å². The molecule has 0 fully saturated rings. The number of anilines is 1. The molecule has 0 aliphatic rings. The number of nitrogens with one attached hydrogen (secondary N) is 1. The van der Waals surface area contributed by atoms with Gasteiger partial charge in [0.2, 0.25) is 0 Å². The minimum Gasteiger partial charge on any atom is -0.489 e. The number of rotatable bonds is 8. The number of carbonyl (C=O) groups excluding carboxylic acids is 1. The van der Waals surface area contributed by atoms with Gasteiger partial charge in [-0.15, -0.1) is 0 Å². The largest absolute Gasteiger partial charge is 0.489 e. The zero-order valence-corrected chi connectivity index (χ0v) is 18.4. The van der Waals surface area contributed by atoms with E-state index in [1.54, 1.807) is 55.5 Å². The highest BCUT2D eigenvalue weighted by atomic mass is 35.5. The molecule has 4 aromatic rings. The molecule has 8 heteroatoms. The van der Waals surface area contributed by atoms with Crippen molar-refractivity contribution in [3.05, 3.63) is 106 Å². The van der Waals surface area contributed by atoms with Crippen LogP contribution in [0.3, 0.4) is 0 Å². The van der Waals surface area contributed by atoms with E-state index in [1.807, 2.05) is 12.1 Å². The second-order valence-electron chi connectivity index (χ2n) is 7.27. The van der Waals surface area contributed by atoms with E-state index in [1.165, 1.54) is 12.1 Å². The van der Waals surface area contributed by atoms with Gasteiger partial charge in [0.05, 0.1) is 5.56 Å². The molecule has 0 radical (unpaired) electrons. The third-order valence-electron chi connectivity index (χ3n) is 4.67. The van der Waals surface area contributed by atoms with Crippen LogP contribution in [0.5, 0.6) is 11.5 Å². The third kappa shape index (κ3) is 6.11. The van der Waals surface area contributed by atoms with E-state index < -0.39 is 5.91 Å². The van der Waals surface area contributed by atoms with Gasteiger partial charge in [-0.1, -0.05) is 41.0 Å². The molecule has 0 saturated carbocycles. The molecule has 6 nitrogen and oxygen atoms in total. The molecule has 1 heterocycles. The van der Waals surface area contributed by atoms with Crippen LogP contribution in [0.25, 0.3) is 0 Å². The molecule has 0 aliphatic heterocycles. The predicted octanol–water partition coefficient (Wildman–Crippen LogP) is 6.19. The molecule has 1 N–H and O–H groups in total. The lowest BCUT2D eigenvalue weighted by molar-refractivity contribution is 0.102. The Labute approximate surface area is 194 Å². The molecule has 168 valence electrons. The number of aromatic nitrogens is 1. The molecule has 0 bridgehead atoms. The van der Waals surface area contributed by atoms with Gasteiger partial charge in [-0.25, -0.2) is 4.39 Å². The van der Waals surface area contributed by atoms with E-state index in [0.29, 0.717) is 27.8 Å². The van der Waals surface area contributed by atoms with Crippen LogP contribution < -0.4 is 14.8 Å². The zero-order valence-electron chi connectivity index (χ0n) is 17.7. The van der Waals surface area contributed by atoms with Gasteiger partial charge in [0.15, 0.2) is 5.82 Å². The van der Waals surface area contributed by atoms with Crippen LogP contribution in [0.15, 0.2) is 77.3 Å². The van der Waals surface area contributed by atoms with E-state index >= 15 is 0 Å². The van der Waals surface area contributed by atoms with E-state index in [-0.39, 0.29) is 30.4 Å². The molecule has 3 aromatic carbocycles. The van der Waals surface area contributed by atoms with Crippen molar-refractivity contribution in [1.82, 2.24) is 5.16 Å². The van der Waals surface area contributed by atoms with Crippen LogP contribution in [0, 0.1) is 12.7 Å². The zero-order chi connectivity index (χ0) is 23.2. The first-order valence-corrected chi connectivity index (χ1v) is 10.5. The van der Waals surface area contributed by atoms with E-state index in [4.69, 9.17) is 25.6 Å². The summed E-state index contributed by atoms with van der Waals surface area (Å²) in [4.78, 5) is 13.0. The van der Waals surface area contributed by atoms with Gasteiger partial charge < -0.3 is 19.3 Å². The van der Waals surface area contributed by atoms with Gasteiger partial charge in [0, 0.05) is 11.1 Å². The number of benzene rings is 3. The molecular formula is C25H20ClFN2O4. The van der Waals surface area contributed by atoms with Gasteiger partial charge in [0.25, 0.3) is 5.91 Å². The fraction of sp³-hybridized carbons (Fsp3) is 0.120. The summed E-state index contributed by atoms with van der Waals surface area (Å²) in [6, 6.07) is 19.9. The second-order valence-corrected chi connectivity index (χ2v) is 7.71. The lowest BCUT2D eigenvalue weighted by Gasteiger charge is -2.14. The van der Waals surface area contributed by atoms with Crippen molar-refractivity contribution >= 4 is 23.3 Å². The van der Waals surface area contributed by atoms with Crippen molar-refractivity contribution in [1.29, 1.82) is 0 Å². The van der Waals surface area contributed by atoms with Crippen molar-refractivity contribution in [3.63, 3.8) is 0 Å². The topological polar surface area (TPSA) is 73.6 Å². The Hall–Kier alpha value is -3.84. The number of halogens is 2. The summed E-state index contributed by atoms with van der Waals surface area (Å²) in [6.45, 7) is 2.11. The lowest BCUT2D eigenvalue weighted by atomic mass is 10.1. The monoisotopic (exact) mass is 466 g/mol. The van der Waals surface area contributed by atoms with Gasteiger partial charge in [-0.05, 0) is 60.5 Å². The Morgan fingerprint density at radius 1 is 1.00 bits per heavy atom. The molecule has 33 heavy (non-hydrogen) atoms. The third-order valence-corrected chi connectivity index (χ3v) is 4.92. The van der Waals surface area contributed by atoms with Crippen molar-refractivity contribution in [2.24, 2.45) is 0 Å². The molecule has 0 aliphatic carbocycles. The first kappa shape index (κ1) is 22.4. The summed E-state index contributed by atoms with van der Waals surface area (Å²) in [5.74, 6) is 0.861. The summed E-state index contributed by atoms with van der Waals surface area (Å²) in [7, 11) is 0. The number of hydrogen-bond acceptors (Lipinski definition) is 5. The highest BCUT2D eigenvalue weighted by Crippen LogP contribution is 2.27. The number of amides is 1. The van der Waals surface area contributed by atoms with Crippen LogP contribution in [0.4, 0.5) is 10.2 Å². The standard InChI is InChI=1S/C25H20ClFN2O4/c1-16-11-24(29-33-16)28-25(30)22-13-21(31-15-18-3-2-4-20(27)12-18)9-10-23(22)32-14-17-5-7-19(26)8-6-17/h2-13H,14-15H2,1H3,(H,28,29,30). The van der Waals surface area contributed by atoms with E-state index in [0.717, 1.165) is 5.56 Å². The summed E-state index contributed by atoms with van der Waals surface area (Å²) >= 11 is 5.93. The minimum atomic E-state index is -0.439. The highest BCUT2D eigenvalue weighted by molar-refractivity contribution is 6.30. The first-order valence-electron chi connectivity index (χ1n) is 10.1. The molecule has 0 atom stereocenters. The first-order chi connectivity index (χ1) is 16.0. The Morgan fingerprint density at radius 3 is 2.52 bits per heavy atom. The summed E-state index contributed by atoms with van der Waals surface area (Å²) in [5, 5.41) is 7.11. The number of nitrogens with zero attached hydrogens (tertiary/aromatic N) is 1. The minimum absolute atomic E-state index is 0.145. The van der Waals surface area contributed by atoms with Crippen LogP contribution in [0.1, 0.15) is 27.2 Å². The Balaban J connectivity index is 1.54.